The first-order chi connectivity index (χ1) is 11.1. The number of hydrogen-bond acceptors (Lipinski definition) is 3. The second-order valence-electron chi connectivity index (χ2n) is 6.85. The van der Waals surface area contributed by atoms with Crippen molar-refractivity contribution in [1.82, 2.24) is 4.90 Å². The van der Waals surface area contributed by atoms with Crippen LogP contribution in [0.5, 0.6) is 0 Å². The molecular weight excluding hydrogens is 310 g/mol. The lowest BCUT2D eigenvalue weighted by molar-refractivity contribution is -0.117. The highest BCUT2D eigenvalue weighted by molar-refractivity contribution is 6.31. The fourth-order valence-electron chi connectivity index (χ4n) is 3.61. The van der Waals surface area contributed by atoms with Gasteiger partial charge in [-0.3, -0.25) is 4.79 Å². The molecule has 1 saturated carbocycles. The van der Waals surface area contributed by atoms with Crippen LogP contribution < -0.4 is 10.2 Å². The first kappa shape index (κ1) is 16.6. The summed E-state index contributed by atoms with van der Waals surface area (Å²) in [4.78, 5) is 17.0. The van der Waals surface area contributed by atoms with Crippen LogP contribution in [0.2, 0.25) is 5.02 Å². The maximum atomic E-state index is 12.4. The number of nitrogens with one attached hydrogen (secondary N) is 1. The zero-order chi connectivity index (χ0) is 16.2. The molecule has 0 spiro atoms. The maximum Gasteiger partial charge on any atom is 0.224 e. The summed E-state index contributed by atoms with van der Waals surface area (Å²) < 4.78 is 0. The van der Waals surface area contributed by atoms with Gasteiger partial charge in [0, 0.05) is 37.6 Å². The van der Waals surface area contributed by atoms with Crippen molar-refractivity contribution < 1.29 is 4.79 Å². The number of likely N-dealkylation sites (N-methyl/N-ethyl adjacent to an activating group) is 1. The molecule has 0 bridgehead atoms. The van der Waals surface area contributed by atoms with Crippen LogP contribution in [0.4, 0.5) is 11.4 Å². The van der Waals surface area contributed by atoms with Crippen molar-refractivity contribution in [2.24, 2.45) is 5.92 Å². The third-order valence-corrected chi connectivity index (χ3v) is 5.26. The Labute approximate surface area is 143 Å². The molecule has 2 fully saturated rings. The second kappa shape index (κ2) is 7.54. The van der Waals surface area contributed by atoms with Crippen LogP contribution in [-0.4, -0.2) is 44.0 Å². The fourth-order valence-corrected chi connectivity index (χ4v) is 3.78. The Morgan fingerprint density at radius 2 is 1.91 bits per heavy atom. The number of nitrogens with zero attached hydrogens (tertiary/aromatic N) is 2. The second-order valence-corrected chi connectivity index (χ2v) is 7.29. The van der Waals surface area contributed by atoms with Crippen molar-refractivity contribution in [3.63, 3.8) is 0 Å². The molecule has 1 amide bonds. The lowest BCUT2D eigenvalue weighted by Crippen LogP contribution is -2.44. The molecule has 126 valence electrons. The molecule has 0 radical (unpaired) electrons. The number of halogens is 1. The van der Waals surface area contributed by atoms with Crippen molar-refractivity contribution in [2.75, 3.05) is 43.4 Å². The van der Waals surface area contributed by atoms with Gasteiger partial charge in [0.25, 0.3) is 0 Å². The topological polar surface area (TPSA) is 35.6 Å². The Bertz CT molecular complexity index is 549. The molecule has 0 atom stereocenters. The maximum absolute atomic E-state index is 12.4. The van der Waals surface area contributed by atoms with E-state index in [9.17, 15) is 4.79 Å². The molecule has 1 aliphatic carbocycles. The van der Waals surface area contributed by atoms with Crippen LogP contribution >= 0.6 is 11.6 Å². The predicted molar refractivity (Wildman–Crippen MR) is 96.4 cm³/mol. The Hall–Kier alpha value is -1.26. The number of benzene rings is 1. The molecule has 1 aromatic rings. The number of anilines is 2. The average molecular weight is 336 g/mol. The number of rotatable bonds is 4. The molecule has 0 aromatic heterocycles. The van der Waals surface area contributed by atoms with Gasteiger partial charge in [0.2, 0.25) is 5.91 Å². The van der Waals surface area contributed by atoms with Crippen LogP contribution in [0.25, 0.3) is 0 Å². The van der Waals surface area contributed by atoms with Crippen molar-refractivity contribution in [1.29, 1.82) is 0 Å². The summed E-state index contributed by atoms with van der Waals surface area (Å²) in [6.07, 6.45) is 5.54. The van der Waals surface area contributed by atoms with Gasteiger partial charge in [0.05, 0.1) is 11.4 Å². The lowest BCUT2D eigenvalue weighted by atomic mass is 10.0. The van der Waals surface area contributed by atoms with Crippen LogP contribution in [0.1, 0.15) is 32.1 Å². The Morgan fingerprint density at radius 3 is 2.61 bits per heavy atom. The van der Waals surface area contributed by atoms with E-state index in [2.05, 4.69) is 22.2 Å². The highest BCUT2D eigenvalue weighted by atomic mass is 35.5. The molecule has 0 unspecified atom stereocenters. The summed E-state index contributed by atoms with van der Waals surface area (Å²) in [5.41, 5.74) is 1.94. The highest BCUT2D eigenvalue weighted by Gasteiger charge is 2.21. The minimum absolute atomic E-state index is 0.120. The summed E-state index contributed by atoms with van der Waals surface area (Å²) >= 11 is 6.15. The van der Waals surface area contributed by atoms with Crippen molar-refractivity contribution in [3.05, 3.63) is 23.2 Å². The minimum atomic E-state index is 0.120. The largest absolute Gasteiger partial charge is 0.367 e. The van der Waals surface area contributed by atoms with E-state index in [4.69, 9.17) is 11.6 Å². The Kier molecular flexibility index (Phi) is 5.44. The van der Waals surface area contributed by atoms with Gasteiger partial charge in [0.1, 0.15) is 0 Å². The van der Waals surface area contributed by atoms with Crippen LogP contribution in [0, 0.1) is 5.92 Å². The van der Waals surface area contributed by atoms with Crippen molar-refractivity contribution >= 4 is 28.9 Å². The number of carbonyl (C=O) groups excluding carboxylic acids is 1. The summed E-state index contributed by atoms with van der Waals surface area (Å²) in [5, 5.41) is 3.77. The first-order valence-corrected chi connectivity index (χ1v) is 9.02. The smallest absolute Gasteiger partial charge is 0.224 e. The molecule has 4 nitrogen and oxygen atoms in total. The molecule has 1 N–H and O–H groups in total. The van der Waals surface area contributed by atoms with E-state index in [1.807, 2.05) is 18.2 Å². The number of piperazine rings is 1. The average Bonchev–Trinajstić information content (AvgIpc) is 3.01. The zero-order valence-corrected chi connectivity index (χ0v) is 14.6. The zero-order valence-electron chi connectivity index (χ0n) is 13.9. The van der Waals surface area contributed by atoms with Gasteiger partial charge in [-0.05, 0) is 44.0 Å². The molecule has 5 heteroatoms. The molecule has 23 heavy (non-hydrogen) atoms. The SMILES string of the molecule is CN1CCN(c2ccc(Cl)cc2NC(=O)CC2CCCC2)CC1. The number of carbonyl (C=O) groups is 1. The van der Waals surface area contributed by atoms with Gasteiger partial charge in [0.15, 0.2) is 0 Å². The molecule has 1 heterocycles. The summed E-state index contributed by atoms with van der Waals surface area (Å²) in [6, 6.07) is 5.81. The third kappa shape index (κ3) is 4.39. The van der Waals surface area contributed by atoms with Gasteiger partial charge in [-0.1, -0.05) is 24.4 Å². The monoisotopic (exact) mass is 335 g/mol. The molecule has 1 aliphatic heterocycles. The third-order valence-electron chi connectivity index (χ3n) is 5.03. The van der Waals surface area contributed by atoms with Crippen LogP contribution in [0.15, 0.2) is 18.2 Å². The van der Waals surface area contributed by atoms with Gasteiger partial charge in [-0.25, -0.2) is 0 Å². The van der Waals surface area contributed by atoms with Crippen molar-refractivity contribution in [3.8, 4) is 0 Å². The summed E-state index contributed by atoms with van der Waals surface area (Å²) in [5.74, 6) is 0.677. The quantitative estimate of drug-likeness (QED) is 0.913. The number of amides is 1. The van der Waals surface area contributed by atoms with E-state index in [-0.39, 0.29) is 5.91 Å². The predicted octanol–water partition coefficient (Wildman–Crippen LogP) is 3.61. The van der Waals surface area contributed by atoms with Gasteiger partial charge in [-0.2, -0.15) is 0 Å². The molecule has 2 aliphatic rings. The van der Waals surface area contributed by atoms with E-state index in [1.54, 1.807) is 0 Å². The van der Waals surface area contributed by atoms with Gasteiger partial charge < -0.3 is 15.1 Å². The van der Waals surface area contributed by atoms with Crippen LogP contribution in [0.3, 0.4) is 0 Å². The Morgan fingerprint density at radius 1 is 1.22 bits per heavy atom. The Balaban J connectivity index is 1.69. The van der Waals surface area contributed by atoms with E-state index in [0.717, 1.165) is 37.6 Å². The van der Waals surface area contributed by atoms with E-state index in [0.29, 0.717) is 17.4 Å². The normalized spacial score (nSPS) is 20.0. The van der Waals surface area contributed by atoms with E-state index in [1.165, 1.54) is 25.7 Å². The standard InChI is InChI=1S/C18H26ClN3O/c1-21-8-10-22(11-9-21)17-7-6-15(19)13-16(17)20-18(23)12-14-4-2-3-5-14/h6-7,13-14H,2-5,8-12H2,1H3,(H,20,23). The molecular formula is C18H26ClN3O. The fraction of sp³-hybridized carbons (Fsp3) is 0.611. The first-order valence-electron chi connectivity index (χ1n) is 8.65. The lowest BCUT2D eigenvalue weighted by Gasteiger charge is -2.35. The number of hydrogen-bond donors (Lipinski definition) is 1. The molecule has 3 rings (SSSR count). The highest BCUT2D eigenvalue weighted by Crippen LogP contribution is 2.32. The van der Waals surface area contributed by atoms with E-state index < -0.39 is 0 Å². The van der Waals surface area contributed by atoms with Gasteiger partial charge >= 0.3 is 0 Å². The molecule has 1 saturated heterocycles. The van der Waals surface area contributed by atoms with Crippen molar-refractivity contribution in [2.45, 2.75) is 32.1 Å². The van der Waals surface area contributed by atoms with Crippen LogP contribution in [-0.2, 0) is 4.79 Å². The van der Waals surface area contributed by atoms with E-state index >= 15 is 0 Å². The summed E-state index contributed by atoms with van der Waals surface area (Å²) in [7, 11) is 2.14. The summed E-state index contributed by atoms with van der Waals surface area (Å²) in [6.45, 7) is 4.03. The van der Waals surface area contributed by atoms with Gasteiger partial charge in [-0.15, -0.1) is 0 Å². The minimum Gasteiger partial charge on any atom is -0.367 e. The molecule has 1 aromatic carbocycles.